The molecule has 0 radical (unpaired) electrons. The van der Waals surface area contributed by atoms with Gasteiger partial charge in [0.05, 0.1) is 0 Å². The standard InChI is InChI=1S/C10H11NOS/c12-5-3-8-1-2-10-9(7-8)11-4-6-13-10/h1-2,5,7,11H,3-4,6H2. The highest BCUT2D eigenvalue weighted by Gasteiger charge is 2.08. The van der Waals surface area contributed by atoms with Crippen LogP contribution in [0.3, 0.4) is 0 Å². The molecule has 0 spiro atoms. The number of anilines is 1. The molecule has 0 fully saturated rings. The molecule has 0 aromatic heterocycles. The molecule has 0 atom stereocenters. The highest BCUT2D eigenvalue weighted by molar-refractivity contribution is 7.99. The van der Waals surface area contributed by atoms with Gasteiger partial charge < -0.3 is 10.1 Å². The summed E-state index contributed by atoms with van der Waals surface area (Å²) >= 11 is 1.86. The number of rotatable bonds is 2. The highest BCUT2D eigenvalue weighted by atomic mass is 32.2. The van der Waals surface area contributed by atoms with Gasteiger partial charge in [0.15, 0.2) is 0 Å². The number of hydrogen-bond acceptors (Lipinski definition) is 3. The lowest BCUT2D eigenvalue weighted by atomic mass is 10.1. The number of hydrogen-bond donors (Lipinski definition) is 1. The van der Waals surface area contributed by atoms with Crippen LogP contribution in [0.15, 0.2) is 23.1 Å². The lowest BCUT2D eigenvalue weighted by Gasteiger charge is -2.17. The summed E-state index contributed by atoms with van der Waals surface area (Å²) in [6.45, 7) is 1.02. The minimum Gasteiger partial charge on any atom is -0.383 e. The Balaban J connectivity index is 2.29. The fraction of sp³-hybridized carbons (Fsp3) is 0.300. The lowest BCUT2D eigenvalue weighted by molar-refractivity contribution is -0.107. The highest BCUT2D eigenvalue weighted by Crippen LogP contribution is 2.31. The van der Waals surface area contributed by atoms with E-state index >= 15 is 0 Å². The first-order valence-corrected chi connectivity index (χ1v) is 5.32. The van der Waals surface area contributed by atoms with Gasteiger partial charge in [-0.3, -0.25) is 0 Å². The first-order chi connectivity index (χ1) is 6.40. The van der Waals surface area contributed by atoms with Crippen LogP contribution < -0.4 is 5.32 Å². The van der Waals surface area contributed by atoms with E-state index in [1.807, 2.05) is 17.8 Å². The number of benzene rings is 1. The lowest BCUT2D eigenvalue weighted by Crippen LogP contribution is -2.10. The molecule has 2 rings (SSSR count). The largest absolute Gasteiger partial charge is 0.383 e. The molecule has 3 heteroatoms. The average Bonchev–Trinajstić information content (AvgIpc) is 2.18. The van der Waals surface area contributed by atoms with E-state index < -0.39 is 0 Å². The Morgan fingerprint density at radius 2 is 2.46 bits per heavy atom. The molecule has 0 aliphatic carbocycles. The van der Waals surface area contributed by atoms with E-state index in [-0.39, 0.29) is 0 Å². The summed E-state index contributed by atoms with van der Waals surface area (Å²) in [4.78, 5) is 11.6. The predicted octanol–water partition coefficient (Wildman–Crippen LogP) is 1.95. The first kappa shape index (κ1) is 8.63. The zero-order valence-electron chi connectivity index (χ0n) is 7.25. The van der Waals surface area contributed by atoms with Gasteiger partial charge in [0.1, 0.15) is 6.29 Å². The van der Waals surface area contributed by atoms with Gasteiger partial charge in [0, 0.05) is 29.3 Å². The molecule has 0 unspecified atom stereocenters. The molecule has 1 aromatic rings. The van der Waals surface area contributed by atoms with Gasteiger partial charge in [-0.1, -0.05) is 6.07 Å². The van der Waals surface area contributed by atoms with Gasteiger partial charge >= 0.3 is 0 Å². The van der Waals surface area contributed by atoms with Crippen molar-refractivity contribution in [3.05, 3.63) is 23.8 Å². The quantitative estimate of drug-likeness (QED) is 0.728. The minimum atomic E-state index is 0.514. The summed E-state index contributed by atoms with van der Waals surface area (Å²) in [6, 6.07) is 6.17. The van der Waals surface area contributed by atoms with Crippen molar-refractivity contribution in [2.45, 2.75) is 11.3 Å². The van der Waals surface area contributed by atoms with Crippen molar-refractivity contribution >= 4 is 23.7 Å². The smallest absolute Gasteiger partial charge is 0.124 e. The van der Waals surface area contributed by atoms with Crippen molar-refractivity contribution in [2.24, 2.45) is 0 Å². The topological polar surface area (TPSA) is 29.1 Å². The van der Waals surface area contributed by atoms with E-state index in [2.05, 4.69) is 17.4 Å². The van der Waals surface area contributed by atoms with Gasteiger partial charge in [0.2, 0.25) is 0 Å². The summed E-state index contributed by atoms with van der Waals surface area (Å²) in [5.41, 5.74) is 2.26. The molecule has 1 aromatic carbocycles. The van der Waals surface area contributed by atoms with Gasteiger partial charge in [-0.25, -0.2) is 0 Å². The Morgan fingerprint density at radius 1 is 1.54 bits per heavy atom. The molecule has 1 aliphatic heterocycles. The molecule has 0 bridgehead atoms. The zero-order valence-corrected chi connectivity index (χ0v) is 8.06. The van der Waals surface area contributed by atoms with Crippen LogP contribution in [0.2, 0.25) is 0 Å². The predicted molar refractivity (Wildman–Crippen MR) is 55.4 cm³/mol. The third-order valence-corrected chi connectivity index (χ3v) is 3.11. The maximum atomic E-state index is 10.3. The van der Waals surface area contributed by atoms with E-state index in [0.717, 1.165) is 24.1 Å². The maximum Gasteiger partial charge on any atom is 0.124 e. The van der Waals surface area contributed by atoms with Crippen LogP contribution >= 0.6 is 11.8 Å². The van der Waals surface area contributed by atoms with E-state index in [1.54, 1.807) is 0 Å². The second-order valence-electron chi connectivity index (χ2n) is 2.98. The Hall–Kier alpha value is -0.960. The number of nitrogens with one attached hydrogen (secondary N) is 1. The first-order valence-electron chi connectivity index (χ1n) is 4.33. The van der Waals surface area contributed by atoms with Crippen LogP contribution in [0, 0.1) is 0 Å². The van der Waals surface area contributed by atoms with Crippen molar-refractivity contribution in [3.63, 3.8) is 0 Å². The second-order valence-corrected chi connectivity index (χ2v) is 4.11. The van der Waals surface area contributed by atoms with Crippen LogP contribution in [0.25, 0.3) is 0 Å². The van der Waals surface area contributed by atoms with Crippen LogP contribution in [-0.4, -0.2) is 18.6 Å². The van der Waals surface area contributed by atoms with Crippen molar-refractivity contribution in [3.8, 4) is 0 Å². The normalized spacial score (nSPS) is 14.5. The van der Waals surface area contributed by atoms with Crippen molar-refractivity contribution in [1.82, 2.24) is 0 Å². The SMILES string of the molecule is O=CCc1ccc2c(c1)NCCS2. The molecular formula is C10H11NOS. The van der Waals surface area contributed by atoms with Crippen LogP contribution in [0.1, 0.15) is 5.56 Å². The van der Waals surface area contributed by atoms with Gasteiger partial charge in [-0.05, 0) is 17.7 Å². The zero-order chi connectivity index (χ0) is 9.10. The molecule has 2 nitrogen and oxygen atoms in total. The van der Waals surface area contributed by atoms with Gasteiger partial charge in [0.25, 0.3) is 0 Å². The number of fused-ring (bicyclic) bond motifs is 1. The Bertz CT molecular complexity index is 325. The number of carbonyl (C=O) groups excluding carboxylic acids is 1. The third-order valence-electron chi connectivity index (χ3n) is 2.04. The molecule has 68 valence electrons. The Labute approximate surface area is 81.7 Å². The fourth-order valence-electron chi connectivity index (χ4n) is 1.41. The average molecular weight is 193 g/mol. The van der Waals surface area contributed by atoms with Gasteiger partial charge in [-0.15, -0.1) is 11.8 Å². The molecule has 13 heavy (non-hydrogen) atoms. The van der Waals surface area contributed by atoms with Crippen molar-refractivity contribution in [2.75, 3.05) is 17.6 Å². The molecule has 0 amide bonds. The van der Waals surface area contributed by atoms with Crippen LogP contribution in [0.5, 0.6) is 0 Å². The van der Waals surface area contributed by atoms with Gasteiger partial charge in [-0.2, -0.15) is 0 Å². The van der Waals surface area contributed by atoms with Crippen molar-refractivity contribution in [1.29, 1.82) is 0 Å². The maximum absolute atomic E-state index is 10.3. The van der Waals surface area contributed by atoms with E-state index in [0.29, 0.717) is 6.42 Å². The minimum absolute atomic E-state index is 0.514. The molecule has 1 aliphatic rings. The molecular weight excluding hydrogens is 182 g/mol. The summed E-state index contributed by atoms with van der Waals surface area (Å²) in [5.74, 6) is 1.13. The fourth-order valence-corrected chi connectivity index (χ4v) is 2.29. The van der Waals surface area contributed by atoms with Crippen molar-refractivity contribution < 1.29 is 4.79 Å². The second kappa shape index (κ2) is 3.83. The Kier molecular flexibility index (Phi) is 2.54. The van der Waals surface area contributed by atoms with E-state index in [1.165, 1.54) is 10.6 Å². The van der Waals surface area contributed by atoms with Crippen LogP contribution in [-0.2, 0) is 11.2 Å². The molecule has 0 saturated carbocycles. The molecule has 0 saturated heterocycles. The number of carbonyl (C=O) groups is 1. The monoisotopic (exact) mass is 193 g/mol. The summed E-state index contributed by atoms with van der Waals surface area (Å²) in [5, 5.41) is 3.32. The third kappa shape index (κ3) is 1.86. The summed E-state index contributed by atoms with van der Waals surface area (Å²) < 4.78 is 0. The molecule has 1 heterocycles. The summed E-state index contributed by atoms with van der Waals surface area (Å²) in [7, 11) is 0. The number of thioether (sulfide) groups is 1. The van der Waals surface area contributed by atoms with Crippen LogP contribution in [0.4, 0.5) is 5.69 Å². The van der Waals surface area contributed by atoms with E-state index in [9.17, 15) is 4.79 Å². The Morgan fingerprint density at radius 3 is 3.31 bits per heavy atom. The molecule has 1 N–H and O–H groups in total. The van der Waals surface area contributed by atoms with E-state index in [4.69, 9.17) is 0 Å². The summed E-state index contributed by atoms with van der Waals surface area (Å²) in [6.07, 6.45) is 1.46. The number of aldehydes is 1.